The molecule has 1 unspecified atom stereocenters. The van der Waals surface area contributed by atoms with E-state index in [0.29, 0.717) is 11.1 Å². The summed E-state index contributed by atoms with van der Waals surface area (Å²) in [6, 6.07) is 3.12. The highest BCUT2D eigenvalue weighted by Crippen LogP contribution is 2.44. The minimum atomic E-state index is -5.04. The van der Waals surface area contributed by atoms with Gasteiger partial charge in [-0.3, -0.25) is 19.5 Å². The maximum Gasteiger partial charge on any atom is 0.440 e. The summed E-state index contributed by atoms with van der Waals surface area (Å²) in [6.07, 6.45) is -5.23. The number of amides is 2. The van der Waals surface area contributed by atoms with Gasteiger partial charge in [-0.05, 0) is 31.0 Å². The Hall–Kier alpha value is -2.58. The van der Waals surface area contributed by atoms with Crippen LogP contribution >= 0.6 is 0 Å². The van der Waals surface area contributed by atoms with Crippen LogP contribution in [0.5, 0.6) is 0 Å². The standard InChI is InChI=1S/C15H15F3N4O2/c1-4-10(23)21-14(15(16,17)18)12(24)20-13-19-11-8(3)7(2)5-6-9(11)22(13)14/h5-6H,4H2,1-3H3,(H,21,23)(H,19,20,24). The zero-order valence-electron chi connectivity index (χ0n) is 13.2. The molecule has 0 aliphatic carbocycles. The van der Waals surface area contributed by atoms with Gasteiger partial charge in [-0.2, -0.15) is 13.2 Å². The molecule has 2 aromatic rings. The first-order valence-corrected chi connectivity index (χ1v) is 7.31. The molecular weight excluding hydrogens is 325 g/mol. The summed E-state index contributed by atoms with van der Waals surface area (Å²) in [6.45, 7) is 4.96. The largest absolute Gasteiger partial charge is 0.440 e. The normalized spacial score (nSPS) is 20.2. The smallest absolute Gasteiger partial charge is 0.317 e. The van der Waals surface area contributed by atoms with Gasteiger partial charge in [0.1, 0.15) is 0 Å². The van der Waals surface area contributed by atoms with E-state index in [2.05, 4.69) is 10.3 Å². The van der Waals surface area contributed by atoms with Crippen molar-refractivity contribution in [1.82, 2.24) is 14.9 Å². The van der Waals surface area contributed by atoms with Crippen molar-refractivity contribution in [2.45, 2.75) is 39.0 Å². The fourth-order valence-corrected chi connectivity index (χ4v) is 2.82. The molecule has 24 heavy (non-hydrogen) atoms. The molecule has 1 aromatic carbocycles. The van der Waals surface area contributed by atoms with Gasteiger partial charge >= 0.3 is 6.18 Å². The molecule has 0 radical (unpaired) electrons. The van der Waals surface area contributed by atoms with Gasteiger partial charge in [-0.25, -0.2) is 4.98 Å². The molecule has 0 spiro atoms. The van der Waals surface area contributed by atoms with E-state index in [0.717, 1.165) is 10.1 Å². The van der Waals surface area contributed by atoms with Gasteiger partial charge in [0.05, 0.1) is 11.0 Å². The quantitative estimate of drug-likeness (QED) is 0.881. The summed E-state index contributed by atoms with van der Waals surface area (Å²) in [4.78, 5) is 28.1. The lowest BCUT2D eigenvalue weighted by Crippen LogP contribution is -2.63. The van der Waals surface area contributed by atoms with E-state index >= 15 is 0 Å². The number of imidazole rings is 1. The molecule has 1 aliphatic heterocycles. The lowest BCUT2D eigenvalue weighted by Gasteiger charge is -2.31. The predicted molar refractivity (Wildman–Crippen MR) is 80.3 cm³/mol. The second-order valence-corrected chi connectivity index (χ2v) is 5.71. The molecule has 2 amide bonds. The number of carbonyl (C=O) groups is 2. The first kappa shape index (κ1) is 16.3. The number of anilines is 1. The van der Waals surface area contributed by atoms with Gasteiger partial charge in [-0.15, -0.1) is 0 Å². The summed E-state index contributed by atoms with van der Waals surface area (Å²) in [5, 5.41) is 3.99. The van der Waals surface area contributed by atoms with Gasteiger partial charge < -0.3 is 5.32 Å². The van der Waals surface area contributed by atoms with Crippen molar-refractivity contribution in [3.05, 3.63) is 23.3 Å². The fourth-order valence-electron chi connectivity index (χ4n) is 2.82. The number of rotatable bonds is 2. The van der Waals surface area contributed by atoms with E-state index in [1.807, 2.05) is 12.2 Å². The van der Waals surface area contributed by atoms with Crippen LogP contribution in [-0.2, 0) is 15.3 Å². The number of aromatic nitrogens is 2. The minimum Gasteiger partial charge on any atom is -0.317 e. The van der Waals surface area contributed by atoms with Crippen molar-refractivity contribution in [3.8, 4) is 0 Å². The highest BCUT2D eigenvalue weighted by molar-refractivity contribution is 6.05. The molecule has 0 bridgehead atoms. The molecule has 0 saturated carbocycles. The third-order valence-electron chi connectivity index (χ3n) is 4.29. The zero-order chi connectivity index (χ0) is 17.9. The van der Waals surface area contributed by atoms with Crippen molar-refractivity contribution >= 4 is 28.8 Å². The number of hydrogen-bond acceptors (Lipinski definition) is 3. The molecule has 1 aromatic heterocycles. The number of nitrogens with one attached hydrogen (secondary N) is 2. The number of nitrogens with zero attached hydrogens (tertiary/aromatic N) is 2. The molecule has 6 nitrogen and oxygen atoms in total. The Kier molecular flexibility index (Phi) is 3.36. The number of alkyl halides is 3. The molecule has 1 aliphatic rings. The van der Waals surface area contributed by atoms with Gasteiger partial charge in [0, 0.05) is 6.42 Å². The Labute approximate surface area is 135 Å². The molecular formula is C15H15F3N4O2. The van der Waals surface area contributed by atoms with E-state index in [4.69, 9.17) is 0 Å². The van der Waals surface area contributed by atoms with Crippen molar-refractivity contribution in [2.75, 3.05) is 5.32 Å². The number of hydrogen-bond donors (Lipinski definition) is 2. The highest BCUT2D eigenvalue weighted by atomic mass is 19.4. The van der Waals surface area contributed by atoms with Crippen LogP contribution < -0.4 is 10.6 Å². The second kappa shape index (κ2) is 4.96. The molecule has 0 saturated heterocycles. The molecule has 2 N–H and O–H groups in total. The Balaban J connectivity index is 2.36. The summed E-state index contributed by atoms with van der Waals surface area (Å²) in [5.41, 5.74) is -1.15. The number of carbonyl (C=O) groups excluding carboxylic acids is 2. The SMILES string of the molecule is CCC(=O)NC1(C(F)(F)F)C(=O)Nc2nc3c(C)c(C)ccc3n21. The van der Waals surface area contributed by atoms with Crippen LogP contribution in [0.15, 0.2) is 12.1 Å². The van der Waals surface area contributed by atoms with Crippen LogP contribution in [-0.4, -0.2) is 27.5 Å². The average Bonchev–Trinajstić information content (AvgIpc) is 2.98. The Morgan fingerprint density at radius 1 is 1.38 bits per heavy atom. The van der Waals surface area contributed by atoms with Crippen LogP contribution in [0.4, 0.5) is 19.1 Å². The highest BCUT2D eigenvalue weighted by Gasteiger charge is 2.67. The molecule has 1 atom stereocenters. The fraction of sp³-hybridized carbons (Fsp3) is 0.400. The topological polar surface area (TPSA) is 76.0 Å². The molecule has 0 fully saturated rings. The van der Waals surface area contributed by atoms with Gasteiger partial charge in [0.2, 0.25) is 11.9 Å². The summed E-state index contributed by atoms with van der Waals surface area (Å²) in [7, 11) is 0. The van der Waals surface area contributed by atoms with Gasteiger partial charge in [0.25, 0.3) is 11.6 Å². The Morgan fingerprint density at radius 2 is 2.04 bits per heavy atom. The molecule has 9 heteroatoms. The van der Waals surface area contributed by atoms with Gasteiger partial charge in [0.15, 0.2) is 0 Å². The van der Waals surface area contributed by atoms with E-state index in [9.17, 15) is 22.8 Å². The first-order valence-electron chi connectivity index (χ1n) is 7.31. The van der Waals surface area contributed by atoms with Gasteiger partial charge in [-0.1, -0.05) is 13.0 Å². The molecule has 2 heterocycles. The van der Waals surface area contributed by atoms with Crippen LogP contribution in [0.25, 0.3) is 11.0 Å². The predicted octanol–water partition coefficient (Wildman–Crippen LogP) is 2.35. The van der Waals surface area contributed by atoms with Crippen LogP contribution in [0.2, 0.25) is 0 Å². The zero-order valence-corrected chi connectivity index (χ0v) is 13.2. The maximum atomic E-state index is 13.9. The van der Waals surface area contributed by atoms with Crippen LogP contribution in [0.3, 0.4) is 0 Å². The van der Waals surface area contributed by atoms with Crippen molar-refractivity contribution in [1.29, 1.82) is 0 Å². The number of halogens is 3. The minimum absolute atomic E-state index is 0.125. The summed E-state index contributed by atoms with van der Waals surface area (Å²) in [5.74, 6) is -2.50. The third kappa shape index (κ3) is 1.93. The number of aryl methyl sites for hydroxylation is 2. The average molecular weight is 340 g/mol. The lowest BCUT2D eigenvalue weighted by molar-refractivity contribution is -0.217. The van der Waals surface area contributed by atoms with E-state index in [-0.39, 0.29) is 17.9 Å². The monoisotopic (exact) mass is 340 g/mol. The van der Waals surface area contributed by atoms with E-state index in [1.165, 1.54) is 13.0 Å². The second-order valence-electron chi connectivity index (χ2n) is 5.71. The maximum absolute atomic E-state index is 13.9. The van der Waals surface area contributed by atoms with Crippen LogP contribution in [0, 0.1) is 13.8 Å². The lowest BCUT2D eigenvalue weighted by atomic mass is 10.1. The van der Waals surface area contributed by atoms with Crippen molar-refractivity contribution < 1.29 is 22.8 Å². The van der Waals surface area contributed by atoms with Crippen molar-refractivity contribution in [3.63, 3.8) is 0 Å². The first-order chi connectivity index (χ1) is 11.1. The van der Waals surface area contributed by atoms with E-state index < -0.39 is 23.7 Å². The Morgan fingerprint density at radius 3 is 2.62 bits per heavy atom. The Bertz CT molecular complexity index is 872. The number of fused-ring (bicyclic) bond motifs is 3. The summed E-state index contributed by atoms with van der Waals surface area (Å²) < 4.78 is 42.4. The van der Waals surface area contributed by atoms with Crippen LogP contribution in [0.1, 0.15) is 24.5 Å². The molecule has 128 valence electrons. The number of benzene rings is 1. The van der Waals surface area contributed by atoms with Crippen molar-refractivity contribution in [2.24, 2.45) is 0 Å². The summed E-state index contributed by atoms with van der Waals surface area (Å²) >= 11 is 0. The molecule has 3 rings (SSSR count). The van der Waals surface area contributed by atoms with E-state index in [1.54, 1.807) is 13.0 Å². The third-order valence-corrected chi connectivity index (χ3v) is 4.29.